The minimum absolute atomic E-state index is 0.501. The molecule has 3 heteroatoms. The minimum atomic E-state index is -0.501. The Labute approximate surface area is 105 Å². The van der Waals surface area contributed by atoms with Gasteiger partial charge < -0.3 is 10.0 Å². The molecule has 1 unspecified atom stereocenters. The van der Waals surface area contributed by atoms with Crippen molar-refractivity contribution in [1.82, 2.24) is 0 Å². The number of terminal acetylenes is 1. The van der Waals surface area contributed by atoms with Crippen molar-refractivity contribution in [2.45, 2.75) is 20.0 Å². The summed E-state index contributed by atoms with van der Waals surface area (Å²) < 4.78 is 0.962. The van der Waals surface area contributed by atoms with Crippen LogP contribution in [-0.4, -0.2) is 18.2 Å². The quantitative estimate of drug-likeness (QED) is 0.858. The monoisotopic (exact) mass is 281 g/mol. The van der Waals surface area contributed by atoms with Crippen molar-refractivity contribution in [2.24, 2.45) is 0 Å². The summed E-state index contributed by atoms with van der Waals surface area (Å²) in [6.07, 6.45) is 4.83. The van der Waals surface area contributed by atoms with E-state index in [0.717, 1.165) is 22.3 Å². The van der Waals surface area contributed by atoms with E-state index in [2.05, 4.69) is 26.8 Å². The van der Waals surface area contributed by atoms with Crippen molar-refractivity contribution in [3.05, 3.63) is 28.2 Å². The maximum atomic E-state index is 9.74. The van der Waals surface area contributed by atoms with Gasteiger partial charge in [-0.25, -0.2) is 0 Å². The summed E-state index contributed by atoms with van der Waals surface area (Å²) in [6.45, 7) is 5.18. The van der Waals surface area contributed by atoms with E-state index in [4.69, 9.17) is 6.42 Å². The predicted octanol–water partition coefficient (Wildman–Crippen LogP) is 2.96. The van der Waals surface area contributed by atoms with E-state index in [-0.39, 0.29) is 0 Å². The van der Waals surface area contributed by atoms with Gasteiger partial charge in [-0.15, -0.1) is 6.42 Å². The molecule has 1 rings (SSSR count). The Hall–Kier alpha value is -0.980. The number of anilines is 1. The maximum Gasteiger partial charge on any atom is 0.0791 e. The molecule has 0 saturated heterocycles. The third kappa shape index (κ3) is 3.01. The fourth-order valence-corrected chi connectivity index (χ4v) is 2.00. The summed E-state index contributed by atoms with van der Waals surface area (Å²) in [5.74, 6) is 2.63. The van der Waals surface area contributed by atoms with E-state index >= 15 is 0 Å². The van der Waals surface area contributed by atoms with Crippen LogP contribution in [0, 0.1) is 12.3 Å². The Morgan fingerprint density at radius 3 is 2.75 bits per heavy atom. The van der Waals surface area contributed by atoms with Crippen LogP contribution >= 0.6 is 15.9 Å². The lowest BCUT2D eigenvalue weighted by atomic mass is 10.1. The lowest BCUT2D eigenvalue weighted by molar-refractivity contribution is 0.199. The number of hydrogen-bond acceptors (Lipinski definition) is 2. The highest BCUT2D eigenvalue weighted by atomic mass is 79.9. The summed E-state index contributed by atoms with van der Waals surface area (Å²) in [6, 6.07) is 5.87. The van der Waals surface area contributed by atoms with Crippen LogP contribution in [0.2, 0.25) is 0 Å². The molecular formula is C13H16BrNO. The highest BCUT2D eigenvalue weighted by Crippen LogP contribution is 2.29. The summed E-state index contributed by atoms with van der Waals surface area (Å²) >= 11 is 3.40. The molecule has 86 valence electrons. The van der Waals surface area contributed by atoms with Gasteiger partial charge in [-0.1, -0.05) is 21.9 Å². The number of rotatable bonds is 4. The molecule has 0 aliphatic carbocycles. The number of nitrogens with zero attached hydrogens (tertiary/aromatic N) is 1. The Morgan fingerprint density at radius 2 is 2.25 bits per heavy atom. The number of benzene rings is 1. The highest BCUT2D eigenvalue weighted by molar-refractivity contribution is 9.10. The third-order valence-corrected chi connectivity index (χ3v) is 2.94. The van der Waals surface area contributed by atoms with Gasteiger partial charge in [0, 0.05) is 22.3 Å². The van der Waals surface area contributed by atoms with Gasteiger partial charge in [0.1, 0.15) is 0 Å². The zero-order chi connectivity index (χ0) is 12.1. The molecule has 0 bridgehead atoms. The zero-order valence-electron chi connectivity index (χ0n) is 9.57. The van der Waals surface area contributed by atoms with Gasteiger partial charge in [-0.2, -0.15) is 0 Å². The van der Waals surface area contributed by atoms with Gasteiger partial charge in [0.15, 0.2) is 0 Å². The largest absolute Gasteiger partial charge is 0.389 e. The van der Waals surface area contributed by atoms with Crippen molar-refractivity contribution in [3.8, 4) is 12.3 Å². The molecule has 0 aliphatic heterocycles. The average Bonchev–Trinajstić information content (AvgIpc) is 2.26. The van der Waals surface area contributed by atoms with E-state index < -0.39 is 6.10 Å². The lowest BCUT2D eigenvalue weighted by Crippen LogP contribution is -2.24. The first-order valence-corrected chi connectivity index (χ1v) is 6.05. The minimum Gasteiger partial charge on any atom is -0.389 e. The summed E-state index contributed by atoms with van der Waals surface area (Å²) in [5, 5.41) is 9.74. The van der Waals surface area contributed by atoms with Crippen molar-refractivity contribution >= 4 is 21.6 Å². The molecule has 0 fully saturated rings. The van der Waals surface area contributed by atoms with Gasteiger partial charge in [0.2, 0.25) is 0 Å². The van der Waals surface area contributed by atoms with Gasteiger partial charge in [-0.05, 0) is 32.0 Å². The van der Waals surface area contributed by atoms with E-state index in [9.17, 15) is 5.11 Å². The van der Waals surface area contributed by atoms with Crippen LogP contribution in [0.1, 0.15) is 25.5 Å². The van der Waals surface area contributed by atoms with Crippen LogP contribution in [0.3, 0.4) is 0 Å². The average molecular weight is 282 g/mol. The van der Waals surface area contributed by atoms with Gasteiger partial charge in [0.05, 0.1) is 12.6 Å². The Morgan fingerprint density at radius 1 is 1.56 bits per heavy atom. The van der Waals surface area contributed by atoms with Crippen LogP contribution in [0.25, 0.3) is 0 Å². The Bertz CT molecular complexity index is 395. The summed E-state index contributed by atoms with van der Waals surface area (Å²) in [7, 11) is 0. The van der Waals surface area contributed by atoms with E-state index in [0.29, 0.717) is 6.54 Å². The van der Waals surface area contributed by atoms with E-state index in [1.54, 1.807) is 6.92 Å². The van der Waals surface area contributed by atoms with E-state index in [1.165, 1.54) is 0 Å². The third-order valence-electron chi connectivity index (χ3n) is 2.44. The van der Waals surface area contributed by atoms with Crippen LogP contribution in [-0.2, 0) is 0 Å². The molecule has 0 amide bonds. The molecule has 0 spiro atoms. The van der Waals surface area contributed by atoms with Gasteiger partial charge in [0.25, 0.3) is 0 Å². The first-order valence-electron chi connectivity index (χ1n) is 5.26. The lowest BCUT2D eigenvalue weighted by Gasteiger charge is -2.24. The topological polar surface area (TPSA) is 23.5 Å². The first kappa shape index (κ1) is 13.1. The number of aliphatic hydroxyl groups is 1. The first-order chi connectivity index (χ1) is 7.60. The molecule has 1 N–H and O–H groups in total. The Kier molecular flexibility index (Phi) is 4.85. The molecule has 1 atom stereocenters. The van der Waals surface area contributed by atoms with E-state index in [1.807, 2.05) is 25.1 Å². The van der Waals surface area contributed by atoms with Crippen molar-refractivity contribution in [3.63, 3.8) is 0 Å². The number of halogens is 1. The second-order valence-corrected chi connectivity index (χ2v) is 4.51. The molecule has 0 radical (unpaired) electrons. The molecule has 1 aromatic rings. The summed E-state index contributed by atoms with van der Waals surface area (Å²) in [4.78, 5) is 2.06. The van der Waals surface area contributed by atoms with Gasteiger partial charge >= 0.3 is 0 Å². The molecule has 0 aliphatic rings. The van der Waals surface area contributed by atoms with Crippen LogP contribution in [0.5, 0.6) is 0 Å². The molecule has 2 nitrogen and oxygen atoms in total. The SMILES string of the molecule is C#CCN(CC)c1ccc(Br)cc1C(C)O. The van der Waals surface area contributed by atoms with Gasteiger partial charge in [-0.3, -0.25) is 0 Å². The van der Waals surface area contributed by atoms with Crippen molar-refractivity contribution in [2.75, 3.05) is 18.0 Å². The number of hydrogen-bond donors (Lipinski definition) is 1. The molecular weight excluding hydrogens is 266 g/mol. The fraction of sp³-hybridized carbons (Fsp3) is 0.385. The Balaban J connectivity index is 3.16. The number of aliphatic hydroxyl groups excluding tert-OH is 1. The molecule has 16 heavy (non-hydrogen) atoms. The fourth-order valence-electron chi connectivity index (χ4n) is 1.63. The molecule has 0 aromatic heterocycles. The standard InChI is InChI=1S/C13H16BrNO/c1-4-8-15(5-2)13-7-6-11(14)9-12(13)10(3)16/h1,6-7,9-10,16H,5,8H2,2-3H3. The summed E-state index contributed by atoms with van der Waals surface area (Å²) in [5.41, 5.74) is 1.89. The van der Waals surface area contributed by atoms with Crippen LogP contribution < -0.4 is 4.90 Å². The second kappa shape index (κ2) is 5.93. The normalized spacial score (nSPS) is 11.9. The smallest absolute Gasteiger partial charge is 0.0791 e. The van der Waals surface area contributed by atoms with Crippen LogP contribution in [0.15, 0.2) is 22.7 Å². The molecule has 0 saturated carbocycles. The van der Waals surface area contributed by atoms with Crippen LogP contribution in [0.4, 0.5) is 5.69 Å². The highest BCUT2D eigenvalue weighted by Gasteiger charge is 2.12. The molecule has 1 aromatic carbocycles. The predicted molar refractivity (Wildman–Crippen MR) is 71.5 cm³/mol. The van der Waals surface area contributed by atoms with Crippen molar-refractivity contribution in [1.29, 1.82) is 0 Å². The second-order valence-electron chi connectivity index (χ2n) is 3.60. The maximum absolute atomic E-state index is 9.74. The van der Waals surface area contributed by atoms with Crippen molar-refractivity contribution < 1.29 is 5.11 Å². The zero-order valence-corrected chi connectivity index (χ0v) is 11.2. The molecule has 0 heterocycles.